The van der Waals surface area contributed by atoms with Crippen molar-refractivity contribution in [2.45, 2.75) is 39.7 Å². The predicted octanol–water partition coefficient (Wildman–Crippen LogP) is 6.39. The van der Waals surface area contributed by atoms with Crippen molar-refractivity contribution in [1.29, 1.82) is 0 Å². The van der Waals surface area contributed by atoms with E-state index in [2.05, 4.69) is 18.9 Å². The Morgan fingerprint density at radius 3 is 2.39 bits per heavy atom. The summed E-state index contributed by atoms with van der Waals surface area (Å²) in [7, 11) is 1.64. The van der Waals surface area contributed by atoms with Crippen LogP contribution in [0.5, 0.6) is 11.5 Å². The number of carbonyl (C=O) groups is 1. The number of carboxylic acids is 1. The van der Waals surface area contributed by atoms with Gasteiger partial charge in [-0.2, -0.15) is 9.78 Å². The number of aliphatic carboxylic acids is 1. The second kappa shape index (κ2) is 11.3. The van der Waals surface area contributed by atoms with Gasteiger partial charge in [0.15, 0.2) is 11.9 Å². The van der Waals surface area contributed by atoms with E-state index in [-0.39, 0.29) is 11.5 Å². The van der Waals surface area contributed by atoms with Gasteiger partial charge in [-0.05, 0) is 72.0 Å². The summed E-state index contributed by atoms with van der Waals surface area (Å²) >= 11 is 0. The highest BCUT2D eigenvalue weighted by molar-refractivity contribution is 6.02. The summed E-state index contributed by atoms with van der Waals surface area (Å²) in [5, 5.41) is 16.3. The number of fused-ring (bicyclic) bond motifs is 2. The monoisotopic (exact) mass is 549 g/mol. The zero-order valence-electron chi connectivity index (χ0n) is 23.6. The van der Waals surface area contributed by atoms with E-state index in [9.17, 15) is 14.7 Å². The van der Waals surface area contributed by atoms with Crippen LogP contribution >= 0.6 is 0 Å². The molecule has 1 heterocycles. The number of para-hydroxylation sites is 1. The molecule has 5 rings (SSSR count). The lowest BCUT2D eigenvalue weighted by atomic mass is 9.96. The van der Waals surface area contributed by atoms with Gasteiger partial charge < -0.3 is 14.6 Å². The summed E-state index contributed by atoms with van der Waals surface area (Å²) in [5.41, 5.74) is 3.40. The highest BCUT2D eigenvalue weighted by atomic mass is 16.5. The van der Waals surface area contributed by atoms with Crippen LogP contribution in [0, 0.1) is 6.92 Å². The van der Waals surface area contributed by atoms with Gasteiger partial charge in [0.05, 0.1) is 24.2 Å². The fraction of sp³-hybridized carbons (Fsp3) is 0.212. The molecule has 208 valence electrons. The highest BCUT2D eigenvalue weighted by Crippen LogP contribution is 2.34. The molecule has 0 aliphatic carbocycles. The lowest BCUT2D eigenvalue weighted by molar-refractivity contribution is -0.144. The number of rotatable bonds is 8. The number of benzene rings is 4. The van der Waals surface area contributed by atoms with E-state index in [1.54, 1.807) is 31.4 Å². The molecule has 0 saturated carbocycles. The maximum atomic E-state index is 13.9. The Bertz CT molecular complexity index is 1870. The summed E-state index contributed by atoms with van der Waals surface area (Å²) < 4.78 is 12.7. The van der Waals surface area contributed by atoms with E-state index < -0.39 is 12.1 Å². The van der Waals surface area contributed by atoms with Crippen molar-refractivity contribution in [2.75, 3.05) is 7.11 Å². The molecule has 41 heavy (non-hydrogen) atoms. The Balaban J connectivity index is 1.77. The minimum absolute atomic E-state index is 0.167. The molecule has 0 radical (unpaired) electrons. The number of aromatic nitrogens is 2. The molecule has 1 N–H and O–H groups in total. The Labute approximate surface area is 237 Å². The fourth-order valence-corrected chi connectivity index (χ4v) is 4.84. The first kappa shape index (κ1) is 27.6. The first-order valence-electron chi connectivity index (χ1n) is 13.4. The number of carboxylic acid groups (broad SMARTS) is 1. The molecular weight excluding hydrogens is 518 g/mol. The van der Waals surface area contributed by atoms with E-state index in [1.807, 2.05) is 55.5 Å². The number of methoxy groups -OCH3 is 1. The molecule has 0 aliphatic rings. The highest BCUT2D eigenvalue weighted by Gasteiger charge is 2.20. The first-order chi connectivity index (χ1) is 19.7. The van der Waals surface area contributed by atoms with Gasteiger partial charge in [0.1, 0.15) is 11.5 Å². The topological polar surface area (TPSA) is 103 Å². The zero-order chi connectivity index (χ0) is 29.3. The minimum Gasteiger partial charge on any atom is -0.496 e. The molecule has 0 unspecified atom stereocenters. The molecule has 0 amide bonds. The second-order valence-electron chi connectivity index (χ2n) is 10.2. The maximum Gasteiger partial charge on any atom is 0.344 e. The average Bonchev–Trinajstić information content (AvgIpc) is 2.96. The molecule has 8 heteroatoms. The number of ether oxygens (including phenoxy) is 2. The third-order valence-corrected chi connectivity index (χ3v) is 7.08. The largest absolute Gasteiger partial charge is 0.496 e. The van der Waals surface area contributed by atoms with Gasteiger partial charge in [-0.3, -0.25) is 4.79 Å². The molecular formula is C33H31N3O5. The van der Waals surface area contributed by atoms with Crippen molar-refractivity contribution in [3.63, 3.8) is 0 Å². The minimum atomic E-state index is -1.09. The summed E-state index contributed by atoms with van der Waals surface area (Å²) in [6.45, 7) is 7.57. The fourth-order valence-electron chi connectivity index (χ4n) is 4.84. The predicted molar refractivity (Wildman–Crippen MR) is 161 cm³/mol. The maximum absolute atomic E-state index is 13.9. The van der Waals surface area contributed by atoms with Gasteiger partial charge >= 0.3 is 5.97 Å². The van der Waals surface area contributed by atoms with Crippen LogP contribution in [-0.2, 0) is 4.79 Å². The second-order valence-corrected chi connectivity index (χ2v) is 10.2. The van der Waals surface area contributed by atoms with Crippen molar-refractivity contribution in [2.24, 2.45) is 5.10 Å². The zero-order valence-corrected chi connectivity index (χ0v) is 23.6. The van der Waals surface area contributed by atoms with Gasteiger partial charge in [0.25, 0.3) is 5.56 Å². The van der Waals surface area contributed by atoms with Gasteiger partial charge in [-0.15, -0.1) is 0 Å². The van der Waals surface area contributed by atoms with Crippen LogP contribution < -0.4 is 15.0 Å². The van der Waals surface area contributed by atoms with Crippen LogP contribution in [-0.4, -0.2) is 40.2 Å². The molecule has 0 saturated heterocycles. The van der Waals surface area contributed by atoms with Crippen molar-refractivity contribution < 1.29 is 19.4 Å². The van der Waals surface area contributed by atoms with Gasteiger partial charge in [-0.1, -0.05) is 56.3 Å². The normalized spacial score (nSPS) is 12.3. The quantitative estimate of drug-likeness (QED) is 0.225. The third kappa shape index (κ3) is 5.28. The molecule has 8 nitrogen and oxygen atoms in total. The summed E-state index contributed by atoms with van der Waals surface area (Å²) in [5.74, 6) is 0.570. The lowest BCUT2D eigenvalue weighted by Crippen LogP contribution is -2.23. The van der Waals surface area contributed by atoms with E-state index in [0.717, 1.165) is 33.2 Å². The van der Waals surface area contributed by atoms with E-state index in [1.165, 1.54) is 17.8 Å². The molecule has 4 aromatic carbocycles. The molecule has 1 atom stereocenters. The molecule has 0 spiro atoms. The Morgan fingerprint density at radius 1 is 0.976 bits per heavy atom. The Morgan fingerprint density at radius 2 is 1.68 bits per heavy atom. The number of hydrogen-bond acceptors (Lipinski definition) is 6. The molecule has 0 aliphatic heterocycles. The molecule has 5 aromatic rings. The van der Waals surface area contributed by atoms with E-state index >= 15 is 0 Å². The average molecular weight is 550 g/mol. The summed E-state index contributed by atoms with van der Waals surface area (Å²) in [6, 6.07) is 22.3. The van der Waals surface area contributed by atoms with E-state index in [0.29, 0.717) is 28.0 Å². The van der Waals surface area contributed by atoms with Crippen molar-refractivity contribution >= 4 is 33.9 Å². The van der Waals surface area contributed by atoms with Gasteiger partial charge in [0, 0.05) is 11.1 Å². The summed E-state index contributed by atoms with van der Waals surface area (Å²) in [6.07, 6.45) is 0.454. The molecule has 0 fully saturated rings. The Kier molecular flexibility index (Phi) is 7.57. The van der Waals surface area contributed by atoms with Gasteiger partial charge in [0.2, 0.25) is 0 Å². The van der Waals surface area contributed by atoms with E-state index in [4.69, 9.17) is 14.5 Å². The van der Waals surface area contributed by atoms with Crippen molar-refractivity contribution in [1.82, 2.24) is 9.66 Å². The van der Waals surface area contributed by atoms with Crippen LogP contribution in [0.2, 0.25) is 0 Å². The third-order valence-electron chi connectivity index (χ3n) is 7.08. The lowest BCUT2D eigenvalue weighted by Gasteiger charge is -2.18. The SMILES string of the molecule is COc1cc(C)c(-c2nc3ccccc3c(=O)n2N=Cc2c(O[C@H](C)C(=O)O)ccc3ccccc23)cc1C(C)C. The van der Waals surface area contributed by atoms with Crippen LogP contribution in [0.1, 0.15) is 43.4 Å². The number of hydrogen-bond donors (Lipinski definition) is 1. The van der Waals surface area contributed by atoms with Gasteiger partial charge in [-0.25, -0.2) is 9.78 Å². The van der Waals surface area contributed by atoms with Crippen LogP contribution in [0.25, 0.3) is 33.1 Å². The Hall–Kier alpha value is -4.98. The standard InChI is InChI=1S/C33H31N3O5/c1-19(2)25-17-26(20(3)16-30(25)40-5)31-35-28-13-9-8-12-24(28)32(37)36(31)34-18-27-23-11-7-6-10-22(23)14-15-29(27)41-21(4)33(38)39/h6-19,21H,1-5H3,(H,38,39)/t21-/m1/s1. The van der Waals surface area contributed by atoms with Crippen molar-refractivity contribution in [3.8, 4) is 22.9 Å². The molecule has 0 bridgehead atoms. The molecule has 1 aromatic heterocycles. The summed E-state index contributed by atoms with van der Waals surface area (Å²) in [4.78, 5) is 30.3. The van der Waals surface area contributed by atoms with Crippen molar-refractivity contribution in [3.05, 3.63) is 99.8 Å². The smallest absolute Gasteiger partial charge is 0.344 e. The van der Waals surface area contributed by atoms with Crippen LogP contribution in [0.3, 0.4) is 0 Å². The number of aryl methyl sites for hydroxylation is 1. The van der Waals surface area contributed by atoms with Crippen LogP contribution in [0.4, 0.5) is 0 Å². The number of nitrogens with zero attached hydrogens (tertiary/aromatic N) is 3. The van der Waals surface area contributed by atoms with Crippen LogP contribution in [0.15, 0.2) is 82.7 Å². The first-order valence-corrected chi connectivity index (χ1v) is 13.4.